The first kappa shape index (κ1) is 13.5. The van der Waals surface area contributed by atoms with Gasteiger partial charge in [-0.25, -0.2) is 0 Å². The van der Waals surface area contributed by atoms with Crippen LogP contribution in [-0.2, 0) is 9.53 Å². The van der Waals surface area contributed by atoms with Crippen molar-refractivity contribution in [1.82, 2.24) is 0 Å². The van der Waals surface area contributed by atoms with Crippen molar-refractivity contribution >= 4 is 5.97 Å². The predicted octanol–water partition coefficient (Wildman–Crippen LogP) is 3.40. The summed E-state index contributed by atoms with van der Waals surface area (Å²) in [6, 6.07) is 0. The fourth-order valence-electron chi connectivity index (χ4n) is 1.89. The number of hydrogen-bond donors (Lipinski definition) is 0. The lowest BCUT2D eigenvalue weighted by molar-refractivity contribution is -0.144. The molecule has 0 N–H and O–H groups in total. The Bertz CT molecular complexity index is 154. The standard InChI is InChI=1S/C12H24O2/c1-5-7-10(3)8-11(4)9-12(13)14-6-2/h10-11H,5-9H2,1-4H3. The molecule has 0 amide bonds. The van der Waals surface area contributed by atoms with E-state index >= 15 is 0 Å². The first-order valence-electron chi connectivity index (χ1n) is 5.75. The summed E-state index contributed by atoms with van der Waals surface area (Å²) < 4.78 is 4.92. The zero-order chi connectivity index (χ0) is 11.0. The van der Waals surface area contributed by atoms with E-state index in [1.54, 1.807) is 0 Å². The molecule has 2 nitrogen and oxygen atoms in total. The summed E-state index contributed by atoms with van der Waals surface area (Å²) in [5, 5.41) is 0. The minimum Gasteiger partial charge on any atom is -0.466 e. The Hall–Kier alpha value is -0.530. The van der Waals surface area contributed by atoms with Crippen molar-refractivity contribution in [1.29, 1.82) is 0 Å². The van der Waals surface area contributed by atoms with Crippen LogP contribution in [0.3, 0.4) is 0 Å². The summed E-state index contributed by atoms with van der Waals surface area (Å²) in [5.74, 6) is 1.13. The highest BCUT2D eigenvalue weighted by Crippen LogP contribution is 2.19. The van der Waals surface area contributed by atoms with Crippen LogP contribution in [0.4, 0.5) is 0 Å². The Labute approximate surface area is 88.0 Å². The lowest BCUT2D eigenvalue weighted by atomic mass is 9.92. The van der Waals surface area contributed by atoms with Gasteiger partial charge in [0.1, 0.15) is 0 Å². The highest BCUT2D eigenvalue weighted by Gasteiger charge is 2.12. The quantitative estimate of drug-likeness (QED) is 0.589. The number of rotatable bonds is 7. The van der Waals surface area contributed by atoms with Gasteiger partial charge in [0.05, 0.1) is 6.61 Å². The number of hydrogen-bond acceptors (Lipinski definition) is 2. The second kappa shape index (κ2) is 7.84. The van der Waals surface area contributed by atoms with E-state index in [4.69, 9.17) is 4.74 Å². The monoisotopic (exact) mass is 200 g/mol. The normalized spacial score (nSPS) is 14.9. The van der Waals surface area contributed by atoms with Gasteiger partial charge in [-0.05, 0) is 25.2 Å². The number of carbonyl (C=O) groups excluding carboxylic acids is 1. The van der Waals surface area contributed by atoms with Gasteiger partial charge in [0.2, 0.25) is 0 Å². The zero-order valence-electron chi connectivity index (χ0n) is 10.0. The third kappa shape index (κ3) is 6.93. The molecule has 0 spiro atoms. The van der Waals surface area contributed by atoms with Gasteiger partial charge in [0, 0.05) is 6.42 Å². The summed E-state index contributed by atoms with van der Waals surface area (Å²) in [7, 11) is 0. The van der Waals surface area contributed by atoms with Gasteiger partial charge in [0.25, 0.3) is 0 Å². The maximum atomic E-state index is 11.2. The van der Waals surface area contributed by atoms with E-state index in [1.165, 1.54) is 12.8 Å². The Morgan fingerprint density at radius 3 is 2.36 bits per heavy atom. The second-order valence-electron chi connectivity index (χ2n) is 4.24. The molecule has 0 fully saturated rings. The molecule has 0 rings (SSSR count). The van der Waals surface area contributed by atoms with E-state index in [-0.39, 0.29) is 5.97 Å². The Morgan fingerprint density at radius 2 is 1.86 bits per heavy atom. The van der Waals surface area contributed by atoms with Crippen molar-refractivity contribution in [2.45, 2.75) is 53.4 Å². The first-order chi connectivity index (χ1) is 6.60. The third-order valence-corrected chi connectivity index (χ3v) is 2.41. The fourth-order valence-corrected chi connectivity index (χ4v) is 1.89. The molecule has 2 atom stereocenters. The lowest BCUT2D eigenvalue weighted by Gasteiger charge is -2.15. The molecule has 0 aliphatic rings. The van der Waals surface area contributed by atoms with Crippen LogP contribution < -0.4 is 0 Å². The van der Waals surface area contributed by atoms with Gasteiger partial charge in [-0.3, -0.25) is 4.79 Å². The van der Waals surface area contributed by atoms with E-state index in [1.807, 2.05) is 6.92 Å². The van der Waals surface area contributed by atoms with Crippen LogP contribution in [-0.4, -0.2) is 12.6 Å². The van der Waals surface area contributed by atoms with Crippen LogP contribution in [0.2, 0.25) is 0 Å². The van der Waals surface area contributed by atoms with Crippen molar-refractivity contribution in [2.75, 3.05) is 6.61 Å². The van der Waals surface area contributed by atoms with Gasteiger partial charge in [-0.15, -0.1) is 0 Å². The summed E-state index contributed by atoms with van der Waals surface area (Å²) in [4.78, 5) is 11.2. The van der Waals surface area contributed by atoms with Crippen LogP contribution in [0.25, 0.3) is 0 Å². The molecule has 0 aliphatic carbocycles. The lowest BCUT2D eigenvalue weighted by Crippen LogP contribution is -2.11. The number of carbonyl (C=O) groups is 1. The van der Waals surface area contributed by atoms with Crippen molar-refractivity contribution in [3.63, 3.8) is 0 Å². The van der Waals surface area contributed by atoms with E-state index in [0.717, 1.165) is 12.3 Å². The van der Waals surface area contributed by atoms with E-state index in [0.29, 0.717) is 18.9 Å². The SMILES string of the molecule is CCCC(C)CC(C)CC(=O)OCC. The maximum Gasteiger partial charge on any atom is 0.306 e. The average Bonchev–Trinajstić information content (AvgIpc) is 2.03. The topological polar surface area (TPSA) is 26.3 Å². The average molecular weight is 200 g/mol. The van der Waals surface area contributed by atoms with Crippen LogP contribution in [0, 0.1) is 11.8 Å². The molecule has 0 saturated heterocycles. The Morgan fingerprint density at radius 1 is 1.21 bits per heavy atom. The van der Waals surface area contributed by atoms with Crippen LogP contribution in [0.15, 0.2) is 0 Å². The molecule has 0 aromatic heterocycles. The molecule has 0 aromatic carbocycles. The molecule has 0 radical (unpaired) electrons. The Kier molecular flexibility index (Phi) is 7.54. The van der Waals surface area contributed by atoms with Crippen molar-refractivity contribution in [3.8, 4) is 0 Å². The van der Waals surface area contributed by atoms with Gasteiger partial charge >= 0.3 is 5.97 Å². The minimum atomic E-state index is -0.0521. The molecule has 0 aliphatic heterocycles. The van der Waals surface area contributed by atoms with Gasteiger partial charge in [-0.2, -0.15) is 0 Å². The smallest absolute Gasteiger partial charge is 0.306 e. The number of ether oxygens (including phenoxy) is 1. The molecule has 84 valence electrons. The second-order valence-corrected chi connectivity index (χ2v) is 4.24. The summed E-state index contributed by atoms with van der Waals surface area (Å²) in [6.45, 7) is 8.93. The summed E-state index contributed by atoms with van der Waals surface area (Å²) >= 11 is 0. The van der Waals surface area contributed by atoms with Gasteiger partial charge in [-0.1, -0.05) is 33.6 Å². The van der Waals surface area contributed by atoms with Gasteiger partial charge < -0.3 is 4.74 Å². The Balaban J connectivity index is 3.63. The molecule has 2 unspecified atom stereocenters. The van der Waals surface area contributed by atoms with Crippen LogP contribution >= 0.6 is 0 Å². The van der Waals surface area contributed by atoms with Crippen molar-refractivity contribution in [2.24, 2.45) is 11.8 Å². The van der Waals surface area contributed by atoms with E-state index in [9.17, 15) is 4.79 Å². The molecular formula is C12H24O2. The van der Waals surface area contributed by atoms with E-state index in [2.05, 4.69) is 20.8 Å². The summed E-state index contributed by atoms with van der Waals surface area (Å²) in [6.07, 6.45) is 4.19. The molecular weight excluding hydrogens is 176 g/mol. The molecule has 0 bridgehead atoms. The van der Waals surface area contributed by atoms with Crippen molar-refractivity contribution in [3.05, 3.63) is 0 Å². The predicted molar refractivity (Wildman–Crippen MR) is 59.1 cm³/mol. The van der Waals surface area contributed by atoms with Gasteiger partial charge in [0.15, 0.2) is 0 Å². The van der Waals surface area contributed by atoms with E-state index < -0.39 is 0 Å². The third-order valence-electron chi connectivity index (χ3n) is 2.41. The van der Waals surface area contributed by atoms with Crippen LogP contribution in [0.1, 0.15) is 53.4 Å². The largest absolute Gasteiger partial charge is 0.466 e. The van der Waals surface area contributed by atoms with Crippen LogP contribution in [0.5, 0.6) is 0 Å². The van der Waals surface area contributed by atoms with Crippen molar-refractivity contribution < 1.29 is 9.53 Å². The zero-order valence-corrected chi connectivity index (χ0v) is 10.0. The first-order valence-corrected chi connectivity index (χ1v) is 5.75. The minimum absolute atomic E-state index is 0.0521. The molecule has 14 heavy (non-hydrogen) atoms. The molecule has 0 aromatic rings. The number of esters is 1. The highest BCUT2D eigenvalue weighted by molar-refractivity contribution is 5.69. The molecule has 0 heterocycles. The summed E-state index contributed by atoms with van der Waals surface area (Å²) in [5.41, 5.74) is 0. The molecule has 0 saturated carbocycles. The maximum absolute atomic E-state index is 11.2. The highest BCUT2D eigenvalue weighted by atomic mass is 16.5. The fraction of sp³-hybridized carbons (Fsp3) is 0.917. The molecule has 2 heteroatoms.